The van der Waals surface area contributed by atoms with E-state index in [1.54, 1.807) is 0 Å². The Labute approximate surface area is 173 Å². The van der Waals surface area contributed by atoms with Gasteiger partial charge in [-0.1, -0.05) is 12.2 Å². The molecule has 0 radical (unpaired) electrons. The van der Waals surface area contributed by atoms with E-state index in [9.17, 15) is 45.3 Å². The van der Waals surface area contributed by atoms with Crippen molar-refractivity contribution >= 4 is 0 Å². The fourth-order valence-corrected chi connectivity index (χ4v) is 4.38. The summed E-state index contributed by atoms with van der Waals surface area (Å²) >= 11 is 0. The fraction of sp³-hybridized carbons (Fsp3) is 0.300. The molecule has 4 nitrogen and oxygen atoms in total. The van der Waals surface area contributed by atoms with Crippen LogP contribution in [0.3, 0.4) is 0 Å². The zero-order valence-electron chi connectivity index (χ0n) is 15.4. The van der Waals surface area contributed by atoms with E-state index in [1.165, 1.54) is 12.2 Å². The Balaban J connectivity index is 0.000000136. The van der Waals surface area contributed by atoms with Gasteiger partial charge in [-0.3, -0.25) is 0 Å². The molecule has 0 aromatic heterocycles. The summed E-state index contributed by atoms with van der Waals surface area (Å²) in [5.74, 6) is -13.3. The molecular weight excluding hydrogens is 456 g/mol. The van der Waals surface area contributed by atoms with Crippen molar-refractivity contribution in [2.75, 3.05) is 0 Å². The van der Waals surface area contributed by atoms with Crippen molar-refractivity contribution in [3.63, 3.8) is 0 Å². The van der Waals surface area contributed by atoms with Crippen molar-refractivity contribution < 1.29 is 54.8 Å². The van der Waals surface area contributed by atoms with Gasteiger partial charge in [-0.05, 0) is 0 Å². The molecule has 4 heterocycles. The molecule has 4 aliphatic heterocycles. The Morgan fingerprint density at radius 2 is 0.781 bits per heavy atom. The second-order valence-electron chi connectivity index (χ2n) is 7.49. The second-order valence-corrected chi connectivity index (χ2v) is 7.49. The van der Waals surface area contributed by atoms with E-state index >= 15 is 0 Å². The number of halogens is 8. The number of ether oxygens (including phenoxy) is 2. The van der Waals surface area contributed by atoms with Gasteiger partial charge in [0, 0.05) is 22.3 Å². The van der Waals surface area contributed by atoms with Crippen LogP contribution in [-0.4, -0.2) is 22.4 Å². The maximum Gasteiger partial charge on any atom is 0.197 e. The van der Waals surface area contributed by atoms with E-state index < -0.39 is 94.3 Å². The summed E-state index contributed by atoms with van der Waals surface area (Å²) in [6, 6.07) is 0. The molecule has 0 amide bonds. The van der Waals surface area contributed by atoms with Gasteiger partial charge in [-0.15, -0.1) is 0 Å². The van der Waals surface area contributed by atoms with Gasteiger partial charge in [0.1, 0.15) is 36.6 Å². The van der Waals surface area contributed by atoms with Crippen LogP contribution >= 0.6 is 0 Å². The molecule has 6 atom stereocenters. The molecule has 0 spiro atoms. The van der Waals surface area contributed by atoms with Crippen molar-refractivity contribution in [2.45, 2.75) is 36.6 Å². The van der Waals surface area contributed by atoms with Crippen molar-refractivity contribution in [1.82, 2.24) is 0 Å². The molecular formula is C20H10F8O4. The third kappa shape index (κ3) is 2.57. The lowest BCUT2D eigenvalue weighted by atomic mass is 9.87. The van der Waals surface area contributed by atoms with Crippen LogP contribution in [0.5, 0.6) is 0 Å². The molecule has 0 saturated carbocycles. The highest BCUT2D eigenvalue weighted by Crippen LogP contribution is 2.53. The summed E-state index contributed by atoms with van der Waals surface area (Å²) in [5, 5.41) is 18.9. The predicted octanol–water partition coefficient (Wildman–Crippen LogP) is 4.02. The maximum absolute atomic E-state index is 13.4. The minimum absolute atomic E-state index is 0.223. The van der Waals surface area contributed by atoms with Gasteiger partial charge in [-0.2, -0.15) is 0 Å². The highest BCUT2D eigenvalue weighted by molar-refractivity contribution is 5.46. The topological polar surface area (TPSA) is 58.9 Å². The lowest BCUT2D eigenvalue weighted by Crippen LogP contribution is -2.33. The first kappa shape index (κ1) is 21.3. The monoisotopic (exact) mass is 466 g/mol. The minimum Gasteiger partial charge on any atom is -0.387 e. The fourth-order valence-electron chi connectivity index (χ4n) is 4.38. The molecule has 2 aromatic rings. The molecule has 2 N–H and O–H groups in total. The van der Waals surface area contributed by atoms with Crippen LogP contribution in [0.25, 0.3) is 0 Å². The number of aliphatic hydroxyl groups excluding tert-OH is 2. The van der Waals surface area contributed by atoms with Gasteiger partial charge >= 0.3 is 0 Å². The van der Waals surface area contributed by atoms with Crippen molar-refractivity contribution in [2.24, 2.45) is 0 Å². The summed E-state index contributed by atoms with van der Waals surface area (Å²) in [6.07, 6.45) is -4.30. The molecule has 4 bridgehead atoms. The third-order valence-electron chi connectivity index (χ3n) is 5.84. The number of hydrogen-bond donors (Lipinski definition) is 2. The first-order valence-corrected chi connectivity index (χ1v) is 9.13. The van der Waals surface area contributed by atoms with Crippen molar-refractivity contribution in [1.29, 1.82) is 0 Å². The lowest BCUT2D eigenvalue weighted by Gasteiger charge is -2.22. The first-order chi connectivity index (χ1) is 15.1. The van der Waals surface area contributed by atoms with Crippen LogP contribution in [0.4, 0.5) is 35.1 Å². The molecule has 32 heavy (non-hydrogen) atoms. The molecule has 1 saturated heterocycles. The largest absolute Gasteiger partial charge is 0.387 e. The van der Waals surface area contributed by atoms with E-state index in [-0.39, 0.29) is 11.1 Å². The summed E-state index contributed by atoms with van der Waals surface area (Å²) in [6.45, 7) is 0. The zero-order chi connectivity index (χ0) is 23.2. The molecule has 2 aromatic carbocycles. The number of benzene rings is 2. The quantitative estimate of drug-likeness (QED) is 0.267. The van der Waals surface area contributed by atoms with Gasteiger partial charge in [-0.25, -0.2) is 35.1 Å². The number of aliphatic hydroxyl groups is 2. The molecule has 3 unspecified atom stereocenters. The molecule has 6 rings (SSSR count). The van der Waals surface area contributed by atoms with Crippen LogP contribution in [0.1, 0.15) is 46.7 Å². The molecule has 12 heteroatoms. The molecule has 0 aliphatic carbocycles. The van der Waals surface area contributed by atoms with Gasteiger partial charge in [0.2, 0.25) is 0 Å². The van der Waals surface area contributed by atoms with Crippen molar-refractivity contribution in [3.05, 3.63) is 80.9 Å². The standard InChI is InChI=1S/C10H6F4O3.C10H4F4O/c11-3-1-2(4(12)6(14)5(3)13)10-8(16)7(15)9(1)17-10;11-7-5-3-1-2-4(15-3)6(5)8(12)10(14)9(7)13/h7-10,15-16H;1-4H/t7-,8?,9-,10?;3-,4?/m01/s1. The van der Waals surface area contributed by atoms with Crippen molar-refractivity contribution in [3.8, 4) is 0 Å². The van der Waals surface area contributed by atoms with E-state index in [0.29, 0.717) is 0 Å². The van der Waals surface area contributed by atoms with Gasteiger partial charge in [0.25, 0.3) is 0 Å². The summed E-state index contributed by atoms with van der Waals surface area (Å²) in [5.41, 5.74) is -1.55. The summed E-state index contributed by atoms with van der Waals surface area (Å²) in [4.78, 5) is 0. The van der Waals surface area contributed by atoms with Crippen LogP contribution in [0.2, 0.25) is 0 Å². The first-order valence-electron chi connectivity index (χ1n) is 9.13. The Bertz CT molecular complexity index is 1110. The van der Waals surface area contributed by atoms with Crippen LogP contribution in [0, 0.1) is 46.5 Å². The Hall–Kier alpha value is -2.54. The van der Waals surface area contributed by atoms with Gasteiger partial charge in [0.05, 0.1) is 0 Å². The molecule has 1 fully saturated rings. The van der Waals surface area contributed by atoms with E-state index in [4.69, 9.17) is 9.47 Å². The highest BCUT2D eigenvalue weighted by Gasteiger charge is 2.55. The number of rotatable bonds is 0. The normalized spacial score (nSPS) is 30.4. The predicted molar refractivity (Wildman–Crippen MR) is 86.8 cm³/mol. The Morgan fingerprint density at radius 3 is 1.12 bits per heavy atom. The maximum atomic E-state index is 13.4. The average molecular weight is 466 g/mol. The smallest absolute Gasteiger partial charge is 0.197 e. The lowest BCUT2D eigenvalue weighted by molar-refractivity contribution is 0.0198. The second kappa shape index (κ2) is 6.98. The molecule has 4 aliphatic rings. The zero-order valence-corrected chi connectivity index (χ0v) is 15.4. The Kier molecular flexibility index (Phi) is 4.65. The third-order valence-corrected chi connectivity index (χ3v) is 5.84. The SMILES string of the molecule is Fc1c(F)c(F)c2c(c1F)C1C=C[C@H]2O1.OC1C2O[C@@H](c3c(F)c(F)c(F)c(F)c32)[C@H]1O. The van der Waals surface area contributed by atoms with Crippen LogP contribution < -0.4 is 0 Å². The van der Waals surface area contributed by atoms with Crippen LogP contribution in [0.15, 0.2) is 12.2 Å². The highest BCUT2D eigenvalue weighted by atomic mass is 19.2. The van der Waals surface area contributed by atoms with E-state index in [2.05, 4.69) is 0 Å². The number of hydrogen-bond acceptors (Lipinski definition) is 4. The minimum atomic E-state index is -1.95. The van der Waals surface area contributed by atoms with Gasteiger partial charge in [0.15, 0.2) is 46.5 Å². The molecule has 170 valence electrons. The van der Waals surface area contributed by atoms with Gasteiger partial charge < -0.3 is 19.7 Å². The van der Waals surface area contributed by atoms with E-state index in [1.807, 2.05) is 0 Å². The van der Waals surface area contributed by atoms with E-state index in [0.717, 1.165) is 0 Å². The average Bonchev–Trinajstić information content (AvgIpc) is 3.54. The summed E-state index contributed by atoms with van der Waals surface area (Å²) < 4.78 is 115. The van der Waals surface area contributed by atoms with Crippen LogP contribution in [-0.2, 0) is 9.47 Å². The summed E-state index contributed by atoms with van der Waals surface area (Å²) in [7, 11) is 0. The Morgan fingerprint density at radius 1 is 0.469 bits per heavy atom. The number of fused-ring (bicyclic) bond motifs is 10.